The molecule has 0 unspecified atom stereocenters. The molecular formula is C43H37N5O3. The topological polar surface area (TPSA) is 92.0 Å². The number of nitrogens with zero attached hydrogens (tertiary/aromatic N) is 5. The molecule has 2 aromatic heterocycles. The van der Waals surface area contributed by atoms with E-state index in [2.05, 4.69) is 59.6 Å². The Labute approximate surface area is 297 Å². The van der Waals surface area contributed by atoms with Crippen LogP contribution in [0.5, 0.6) is 5.75 Å². The summed E-state index contributed by atoms with van der Waals surface area (Å²) in [4.78, 5) is 19.1. The normalized spacial score (nSPS) is 11.3. The van der Waals surface area contributed by atoms with Crippen LogP contribution in [-0.2, 0) is 23.3 Å². The fraction of sp³-hybridized carbons (Fsp3) is 0.140. The Morgan fingerprint density at radius 2 is 1.29 bits per heavy atom. The second-order valence-electron chi connectivity index (χ2n) is 12.2. The third-order valence-corrected chi connectivity index (χ3v) is 9.00. The number of methoxy groups -OCH3 is 1. The van der Waals surface area contributed by atoms with Crippen molar-refractivity contribution in [3.8, 4) is 28.3 Å². The first-order chi connectivity index (χ1) is 25.0. The average Bonchev–Trinajstić information content (AvgIpc) is 3.69. The number of carbonyl (C=O) groups is 1. The smallest absolute Gasteiger partial charge is 0.343 e. The number of aryl methyl sites for hydroxylation is 2. The SMILES string of the molecule is CCc1nc(C)cc(OCc2ccc(-c3ccccc3)c(-c3nnn(C(c4ccccc4)(c4ccccc4)c4ccccc4)n3)c2)c1C(=O)OC. The molecule has 8 heteroatoms. The minimum absolute atomic E-state index is 0.189. The van der Waals surface area contributed by atoms with Gasteiger partial charge >= 0.3 is 5.97 Å². The number of esters is 1. The summed E-state index contributed by atoms with van der Waals surface area (Å²) in [5.41, 5.74) is 7.44. The Bertz CT molecular complexity index is 2160. The average molecular weight is 672 g/mol. The maximum atomic E-state index is 12.8. The molecule has 0 aliphatic heterocycles. The third-order valence-electron chi connectivity index (χ3n) is 9.00. The molecule has 0 N–H and O–H groups in total. The molecule has 0 amide bonds. The van der Waals surface area contributed by atoms with E-state index in [1.54, 1.807) is 10.9 Å². The summed E-state index contributed by atoms with van der Waals surface area (Å²) in [6, 6.07) is 48.8. The molecule has 51 heavy (non-hydrogen) atoms. The Morgan fingerprint density at radius 1 is 0.725 bits per heavy atom. The summed E-state index contributed by atoms with van der Waals surface area (Å²) >= 11 is 0. The molecule has 0 aliphatic carbocycles. The van der Waals surface area contributed by atoms with Gasteiger partial charge in [-0.3, -0.25) is 4.98 Å². The molecule has 8 nitrogen and oxygen atoms in total. The van der Waals surface area contributed by atoms with Crippen molar-refractivity contribution in [2.24, 2.45) is 0 Å². The highest BCUT2D eigenvalue weighted by atomic mass is 16.5. The summed E-state index contributed by atoms with van der Waals surface area (Å²) in [5.74, 6) is 0.419. The quantitative estimate of drug-likeness (QED) is 0.101. The van der Waals surface area contributed by atoms with E-state index in [0.29, 0.717) is 29.3 Å². The lowest BCUT2D eigenvalue weighted by molar-refractivity contribution is 0.0593. The minimum atomic E-state index is -0.914. The zero-order chi connectivity index (χ0) is 35.2. The van der Waals surface area contributed by atoms with E-state index < -0.39 is 11.5 Å². The number of pyridine rings is 1. The van der Waals surface area contributed by atoms with Gasteiger partial charge in [0, 0.05) is 17.3 Å². The lowest BCUT2D eigenvalue weighted by Crippen LogP contribution is -2.39. The maximum absolute atomic E-state index is 12.8. The molecule has 0 radical (unpaired) electrons. The molecule has 252 valence electrons. The second kappa shape index (κ2) is 14.6. The molecule has 0 spiro atoms. The van der Waals surface area contributed by atoms with Crippen molar-refractivity contribution in [1.82, 2.24) is 25.2 Å². The van der Waals surface area contributed by atoms with Crippen molar-refractivity contribution in [1.29, 1.82) is 0 Å². The number of benzene rings is 5. The molecule has 7 aromatic rings. The van der Waals surface area contributed by atoms with Crippen LogP contribution < -0.4 is 4.74 Å². The fourth-order valence-corrected chi connectivity index (χ4v) is 6.64. The van der Waals surface area contributed by atoms with Gasteiger partial charge in [-0.2, -0.15) is 0 Å². The highest BCUT2D eigenvalue weighted by Crippen LogP contribution is 2.40. The van der Waals surface area contributed by atoms with Gasteiger partial charge in [-0.05, 0) is 58.0 Å². The number of tetrazole rings is 1. The number of aromatic nitrogens is 5. The molecular weight excluding hydrogens is 635 g/mol. The Balaban J connectivity index is 1.37. The van der Waals surface area contributed by atoms with Gasteiger partial charge in [-0.25, -0.2) is 4.79 Å². The zero-order valence-corrected chi connectivity index (χ0v) is 28.7. The first kappa shape index (κ1) is 33.1. The van der Waals surface area contributed by atoms with Crippen LogP contribution in [0.2, 0.25) is 0 Å². The van der Waals surface area contributed by atoms with Gasteiger partial charge < -0.3 is 9.47 Å². The Hall–Kier alpha value is -6.41. The van der Waals surface area contributed by atoms with Gasteiger partial charge in [-0.15, -0.1) is 15.0 Å². The van der Waals surface area contributed by atoms with Gasteiger partial charge in [0.2, 0.25) is 5.82 Å². The summed E-state index contributed by atoms with van der Waals surface area (Å²) in [6.07, 6.45) is 0.566. The van der Waals surface area contributed by atoms with Gasteiger partial charge in [0.05, 0.1) is 12.8 Å². The summed E-state index contributed by atoms with van der Waals surface area (Å²) in [7, 11) is 1.36. The van der Waals surface area contributed by atoms with E-state index in [1.807, 2.05) is 98.8 Å². The lowest BCUT2D eigenvalue weighted by atomic mass is 9.77. The van der Waals surface area contributed by atoms with Gasteiger partial charge in [0.15, 0.2) is 5.54 Å². The summed E-state index contributed by atoms with van der Waals surface area (Å²) < 4.78 is 11.4. The highest BCUT2D eigenvalue weighted by molar-refractivity contribution is 5.93. The van der Waals surface area contributed by atoms with Crippen LogP contribution in [0.1, 0.15) is 50.9 Å². The van der Waals surface area contributed by atoms with Crippen molar-refractivity contribution < 1.29 is 14.3 Å². The molecule has 0 atom stereocenters. The molecule has 0 saturated heterocycles. The van der Waals surface area contributed by atoms with E-state index in [-0.39, 0.29) is 6.61 Å². The van der Waals surface area contributed by atoms with Crippen LogP contribution in [0.15, 0.2) is 146 Å². The molecule has 7 rings (SSSR count). The van der Waals surface area contributed by atoms with Crippen molar-refractivity contribution in [2.45, 2.75) is 32.4 Å². The molecule has 5 aromatic carbocycles. The molecule has 0 fully saturated rings. The predicted octanol–water partition coefficient (Wildman–Crippen LogP) is 8.48. The van der Waals surface area contributed by atoms with Crippen LogP contribution in [0.4, 0.5) is 0 Å². The number of hydrogen-bond donors (Lipinski definition) is 0. The van der Waals surface area contributed by atoms with E-state index in [9.17, 15) is 4.79 Å². The van der Waals surface area contributed by atoms with Crippen molar-refractivity contribution >= 4 is 5.97 Å². The zero-order valence-electron chi connectivity index (χ0n) is 28.7. The van der Waals surface area contributed by atoms with Gasteiger partial charge in [-0.1, -0.05) is 140 Å². The highest BCUT2D eigenvalue weighted by Gasteiger charge is 2.41. The summed E-state index contributed by atoms with van der Waals surface area (Å²) in [5, 5.41) is 14.7. The number of ether oxygens (including phenoxy) is 2. The fourth-order valence-electron chi connectivity index (χ4n) is 6.64. The van der Waals surface area contributed by atoms with Crippen molar-refractivity contribution in [3.63, 3.8) is 0 Å². The van der Waals surface area contributed by atoms with E-state index in [1.165, 1.54) is 7.11 Å². The van der Waals surface area contributed by atoms with Gasteiger partial charge in [0.25, 0.3) is 0 Å². The molecule has 2 heterocycles. The standard InChI is InChI=1S/C43H37N5O3/c1-4-38-40(42(49)50-3)39(27-30(2)44-38)51-29-31-25-26-36(32-17-9-5-10-18-32)37(28-31)41-45-47-48(46-41)43(33-19-11-6-12-20-33,34-21-13-7-14-22-34)35-23-15-8-16-24-35/h5-28H,4,29H2,1-3H3. The molecule has 0 saturated carbocycles. The summed E-state index contributed by atoms with van der Waals surface area (Å²) in [6.45, 7) is 4.03. The first-order valence-corrected chi connectivity index (χ1v) is 16.9. The van der Waals surface area contributed by atoms with E-state index in [4.69, 9.17) is 24.9 Å². The lowest BCUT2D eigenvalue weighted by Gasteiger charge is -2.34. The second-order valence-corrected chi connectivity index (χ2v) is 12.2. The maximum Gasteiger partial charge on any atom is 0.343 e. The predicted molar refractivity (Wildman–Crippen MR) is 197 cm³/mol. The Kier molecular flexibility index (Phi) is 9.48. The minimum Gasteiger partial charge on any atom is -0.488 e. The van der Waals surface area contributed by atoms with Gasteiger partial charge in [0.1, 0.15) is 17.9 Å². The molecule has 0 aliphatic rings. The molecule has 0 bridgehead atoms. The number of rotatable bonds is 11. The number of hydrogen-bond acceptors (Lipinski definition) is 7. The first-order valence-electron chi connectivity index (χ1n) is 16.9. The van der Waals surface area contributed by atoms with Crippen LogP contribution in [-0.4, -0.2) is 38.3 Å². The Morgan fingerprint density at radius 3 is 1.84 bits per heavy atom. The van der Waals surface area contributed by atoms with Crippen LogP contribution >= 0.6 is 0 Å². The monoisotopic (exact) mass is 671 g/mol. The van der Waals surface area contributed by atoms with Crippen molar-refractivity contribution in [3.05, 3.63) is 185 Å². The van der Waals surface area contributed by atoms with Crippen LogP contribution in [0.25, 0.3) is 22.5 Å². The van der Waals surface area contributed by atoms with Crippen molar-refractivity contribution in [2.75, 3.05) is 7.11 Å². The van der Waals surface area contributed by atoms with Crippen LogP contribution in [0.3, 0.4) is 0 Å². The largest absolute Gasteiger partial charge is 0.488 e. The van der Waals surface area contributed by atoms with E-state index >= 15 is 0 Å². The third kappa shape index (κ3) is 6.39. The number of carbonyl (C=O) groups excluding carboxylic acids is 1. The van der Waals surface area contributed by atoms with E-state index in [0.717, 1.165) is 44.6 Å². The van der Waals surface area contributed by atoms with Crippen LogP contribution in [0, 0.1) is 6.92 Å².